The molecule has 0 bridgehead atoms. The van der Waals surface area contributed by atoms with Gasteiger partial charge in [-0.25, -0.2) is 4.79 Å². The standard InChI is InChI=1S/C7H6O3.HI.Na/c8-6-4-2-1-3-5(6)7(9)10;;/h1-4,8H,(H,9,10);1H;/q;;+1/p-1. The average molecular weight is 288 g/mol. The third-order valence-corrected chi connectivity index (χ3v) is 1.13. The Hall–Kier alpha value is 0.220. The first kappa shape index (κ1) is 12.2. The number of phenols is 1. The summed E-state index contributed by atoms with van der Waals surface area (Å²) in [5, 5.41) is 17.3. The zero-order valence-corrected chi connectivity index (χ0v) is 10.6. The monoisotopic (exact) mass is 288 g/mol. The average Bonchev–Trinajstić information content (AvgIpc) is 2.08. The molecule has 3 nitrogen and oxygen atoms in total. The number of carboxylic acids is 1. The van der Waals surface area contributed by atoms with Gasteiger partial charge in [0.05, 0.1) is 0 Å². The van der Waals surface area contributed by atoms with Crippen LogP contribution in [0.3, 0.4) is 0 Å². The molecule has 2 N–H and O–H groups in total. The van der Waals surface area contributed by atoms with Crippen LogP contribution >= 0.6 is 17.2 Å². The van der Waals surface area contributed by atoms with Crippen molar-refractivity contribution >= 4 is 46.6 Å². The summed E-state index contributed by atoms with van der Waals surface area (Å²) in [5.74, 6) is -1.31. The van der Waals surface area contributed by atoms with Gasteiger partial charge in [0, 0.05) is 0 Å². The molecule has 0 atom stereocenters. The van der Waals surface area contributed by atoms with Crippen LogP contribution in [-0.2, 0) is 0 Å². The Balaban J connectivity index is 0.000000561. The summed E-state index contributed by atoms with van der Waals surface area (Å²) in [6.07, 6.45) is 0. The van der Waals surface area contributed by atoms with E-state index in [9.17, 15) is 4.79 Å². The van der Waals surface area contributed by atoms with E-state index < -0.39 is 5.97 Å². The van der Waals surface area contributed by atoms with Crippen LogP contribution in [0.1, 0.15) is 10.4 Å². The number of hydrogen-bond donors (Lipinski definition) is 2. The fourth-order valence-electron chi connectivity index (χ4n) is 0.654. The van der Waals surface area contributed by atoms with E-state index in [0.29, 0.717) is 0 Å². The molecule has 0 amide bonds. The van der Waals surface area contributed by atoms with Gasteiger partial charge in [-0.2, -0.15) is 0 Å². The molecule has 1 aromatic carbocycles. The number of carboxylic acid groups (broad SMARTS) is 1. The molecule has 0 saturated carbocycles. The van der Waals surface area contributed by atoms with E-state index in [1.54, 1.807) is 12.1 Å². The predicted molar refractivity (Wildman–Crippen MR) is 54.8 cm³/mol. The molecule has 0 aliphatic rings. The molecule has 1 rings (SSSR count). The van der Waals surface area contributed by atoms with Crippen LogP contribution in [0.5, 0.6) is 5.75 Å². The molecular weight excluding hydrogens is 282 g/mol. The Labute approximate surface area is 96.2 Å². The second kappa shape index (κ2) is 6.71. The molecule has 1 aromatic rings. The molecular formula is C7H6INaO3. The van der Waals surface area contributed by atoms with Crippen molar-refractivity contribution in [3.63, 3.8) is 0 Å². The second-order valence-corrected chi connectivity index (χ2v) is 1.82. The van der Waals surface area contributed by atoms with Crippen molar-refractivity contribution in [2.24, 2.45) is 0 Å². The zero-order valence-electron chi connectivity index (χ0n) is 6.49. The molecule has 12 heavy (non-hydrogen) atoms. The molecule has 0 unspecified atom stereocenters. The van der Waals surface area contributed by atoms with E-state index in [-0.39, 0.29) is 11.3 Å². The van der Waals surface area contributed by atoms with Crippen LogP contribution in [-0.4, -0.2) is 39.6 Å². The number of rotatable bonds is 1. The third-order valence-electron chi connectivity index (χ3n) is 1.13. The SMILES string of the molecule is O=C(O)c1ccccc1O.[Na][I]. The van der Waals surface area contributed by atoms with E-state index in [0.717, 1.165) is 0 Å². The zero-order chi connectivity index (χ0) is 9.56. The Morgan fingerprint density at radius 3 is 2.17 bits per heavy atom. The van der Waals surface area contributed by atoms with Crippen molar-refractivity contribution in [3.8, 4) is 5.75 Å². The molecule has 0 spiro atoms. The number of aromatic carboxylic acids is 1. The minimum atomic E-state index is -1.11. The fourth-order valence-corrected chi connectivity index (χ4v) is 0.654. The van der Waals surface area contributed by atoms with Gasteiger partial charge in [-0.1, -0.05) is 12.1 Å². The number of carbonyl (C=O) groups is 1. The van der Waals surface area contributed by atoms with Gasteiger partial charge in [-0.05, 0) is 12.1 Å². The minimum absolute atomic E-state index is 0.0671. The maximum absolute atomic E-state index is 10.3. The van der Waals surface area contributed by atoms with Crippen molar-refractivity contribution in [2.75, 3.05) is 0 Å². The van der Waals surface area contributed by atoms with Crippen molar-refractivity contribution < 1.29 is 15.0 Å². The van der Waals surface area contributed by atoms with E-state index in [4.69, 9.17) is 10.2 Å². The number of para-hydroxylation sites is 1. The molecule has 5 heteroatoms. The molecule has 0 aliphatic carbocycles. The van der Waals surface area contributed by atoms with Crippen LogP contribution < -0.4 is 0 Å². The van der Waals surface area contributed by atoms with Crippen molar-refractivity contribution in [1.82, 2.24) is 0 Å². The summed E-state index contributed by atoms with van der Waals surface area (Å²) < 4.78 is 0. The first-order valence-corrected chi connectivity index (χ1v) is 10.3. The molecule has 0 saturated heterocycles. The summed E-state index contributed by atoms with van der Waals surface area (Å²) >= 11 is 3.56. The number of benzene rings is 1. The summed E-state index contributed by atoms with van der Waals surface area (Å²) in [4.78, 5) is 10.3. The van der Waals surface area contributed by atoms with Gasteiger partial charge in [0.15, 0.2) is 0 Å². The maximum atomic E-state index is 10.3. The Bertz CT molecular complexity index is 265. The summed E-state index contributed by atoms with van der Waals surface area (Å²) in [7, 11) is 0. The summed E-state index contributed by atoms with van der Waals surface area (Å²) in [6.45, 7) is 0. The van der Waals surface area contributed by atoms with Gasteiger partial charge in [-0.15, -0.1) is 0 Å². The van der Waals surface area contributed by atoms with Gasteiger partial charge < -0.3 is 10.2 Å². The fraction of sp³-hybridized carbons (Fsp3) is 0. The van der Waals surface area contributed by atoms with Crippen LogP contribution in [0, 0.1) is 0 Å². The number of halogens is 1. The first-order chi connectivity index (χ1) is 5.72. The van der Waals surface area contributed by atoms with E-state index >= 15 is 0 Å². The van der Waals surface area contributed by atoms with E-state index in [2.05, 4.69) is 17.2 Å². The molecule has 0 fully saturated rings. The van der Waals surface area contributed by atoms with E-state index in [1.165, 1.54) is 35.6 Å². The molecule has 0 radical (unpaired) electrons. The normalized spacial score (nSPS) is 8.25. The first-order valence-electron chi connectivity index (χ1n) is 3.11. The Morgan fingerprint density at radius 2 is 1.83 bits per heavy atom. The van der Waals surface area contributed by atoms with Crippen LogP contribution in [0.4, 0.5) is 0 Å². The summed E-state index contributed by atoms with van der Waals surface area (Å²) in [6, 6.07) is 5.81. The van der Waals surface area contributed by atoms with Crippen LogP contribution in [0.2, 0.25) is 0 Å². The van der Waals surface area contributed by atoms with Gasteiger partial charge in [-0.3, -0.25) is 0 Å². The number of aromatic hydroxyl groups is 1. The molecule has 60 valence electrons. The van der Waals surface area contributed by atoms with Gasteiger partial charge >= 0.3 is 46.6 Å². The second-order valence-electron chi connectivity index (χ2n) is 1.82. The van der Waals surface area contributed by atoms with Crippen molar-refractivity contribution in [1.29, 1.82) is 0 Å². The Kier molecular flexibility index (Phi) is 6.83. The van der Waals surface area contributed by atoms with Crippen molar-refractivity contribution in [3.05, 3.63) is 29.8 Å². The predicted octanol–water partition coefficient (Wildman–Crippen LogP) is 1.60. The topological polar surface area (TPSA) is 57.5 Å². The van der Waals surface area contributed by atoms with Crippen molar-refractivity contribution in [2.45, 2.75) is 0 Å². The van der Waals surface area contributed by atoms with Gasteiger partial charge in [0.1, 0.15) is 11.3 Å². The quantitative estimate of drug-likeness (QED) is 0.609. The van der Waals surface area contributed by atoms with Crippen LogP contribution in [0.25, 0.3) is 0 Å². The molecule has 0 aromatic heterocycles. The molecule has 0 heterocycles. The Morgan fingerprint density at radius 1 is 1.33 bits per heavy atom. The van der Waals surface area contributed by atoms with Crippen LogP contribution in [0.15, 0.2) is 24.3 Å². The molecule has 0 aliphatic heterocycles. The van der Waals surface area contributed by atoms with Gasteiger partial charge in [0.2, 0.25) is 0 Å². The third kappa shape index (κ3) is 3.75. The van der Waals surface area contributed by atoms with Gasteiger partial charge in [0.25, 0.3) is 0 Å². The number of hydrogen-bond acceptors (Lipinski definition) is 2. The summed E-state index contributed by atoms with van der Waals surface area (Å²) in [5.41, 5.74) is -0.0671. The van der Waals surface area contributed by atoms with E-state index in [1.807, 2.05) is 0 Å².